The number of esters is 1. The van der Waals surface area contributed by atoms with Gasteiger partial charge in [0.25, 0.3) is 0 Å². The van der Waals surface area contributed by atoms with Crippen molar-refractivity contribution in [3.8, 4) is 5.75 Å². The highest BCUT2D eigenvalue weighted by atomic mass is 32.1. The third-order valence-corrected chi connectivity index (χ3v) is 5.59. The second-order valence-electron chi connectivity index (χ2n) is 6.08. The maximum absolute atomic E-state index is 12.4. The second-order valence-corrected chi connectivity index (χ2v) is 7.19. The minimum Gasteiger partial charge on any atom is -0.496 e. The zero-order valence-corrected chi connectivity index (χ0v) is 15.4. The monoisotopic (exact) mass is 359 g/mol. The molecule has 1 amide bonds. The largest absolute Gasteiger partial charge is 0.496 e. The number of hydrogen-bond donors (Lipinski definition) is 1. The van der Waals surface area contributed by atoms with Crippen LogP contribution in [0.4, 0.5) is 5.00 Å². The molecular formula is C19H21NO4S. The standard InChI is InChI=1S/C19H21NO4S/c1-11-9-12(7-8-14(11)23-2)10-16(21)20-18-17(19(22)24-3)13-5-4-6-15(13)25-18/h7-9H,4-6,10H2,1-3H3,(H,20,21). The van der Waals surface area contributed by atoms with Crippen molar-refractivity contribution in [2.45, 2.75) is 32.6 Å². The van der Waals surface area contributed by atoms with Gasteiger partial charge >= 0.3 is 5.97 Å². The van der Waals surface area contributed by atoms with Crippen molar-refractivity contribution >= 4 is 28.2 Å². The fourth-order valence-corrected chi connectivity index (χ4v) is 4.51. The van der Waals surface area contributed by atoms with E-state index in [0.29, 0.717) is 10.6 Å². The van der Waals surface area contributed by atoms with E-state index >= 15 is 0 Å². The van der Waals surface area contributed by atoms with Gasteiger partial charge in [0.05, 0.1) is 26.2 Å². The maximum Gasteiger partial charge on any atom is 0.341 e. The summed E-state index contributed by atoms with van der Waals surface area (Å²) in [6.45, 7) is 1.94. The number of benzene rings is 1. The first kappa shape index (κ1) is 17.5. The maximum atomic E-state index is 12.4. The Morgan fingerprint density at radius 1 is 1.24 bits per heavy atom. The summed E-state index contributed by atoms with van der Waals surface area (Å²) >= 11 is 1.49. The van der Waals surface area contributed by atoms with E-state index in [1.165, 1.54) is 23.3 Å². The zero-order chi connectivity index (χ0) is 18.0. The Morgan fingerprint density at radius 2 is 2.04 bits per heavy atom. The molecule has 1 aliphatic carbocycles. The van der Waals surface area contributed by atoms with Gasteiger partial charge < -0.3 is 14.8 Å². The predicted molar refractivity (Wildman–Crippen MR) is 97.7 cm³/mol. The lowest BCUT2D eigenvalue weighted by atomic mass is 10.1. The number of hydrogen-bond acceptors (Lipinski definition) is 5. The molecule has 0 atom stereocenters. The molecule has 1 N–H and O–H groups in total. The second kappa shape index (κ2) is 7.27. The molecule has 0 saturated heterocycles. The molecule has 0 saturated carbocycles. The van der Waals surface area contributed by atoms with Crippen LogP contribution in [0.2, 0.25) is 0 Å². The number of carbonyl (C=O) groups is 2. The molecule has 0 fully saturated rings. The Bertz CT molecular complexity index is 825. The highest BCUT2D eigenvalue weighted by Crippen LogP contribution is 2.39. The van der Waals surface area contributed by atoms with Gasteiger partial charge in [0.1, 0.15) is 10.8 Å². The Morgan fingerprint density at radius 3 is 2.72 bits per heavy atom. The lowest BCUT2D eigenvalue weighted by Crippen LogP contribution is -2.16. The summed E-state index contributed by atoms with van der Waals surface area (Å²) in [5.74, 6) is 0.274. The van der Waals surface area contributed by atoms with Crippen molar-refractivity contribution in [1.82, 2.24) is 0 Å². The fraction of sp³-hybridized carbons (Fsp3) is 0.368. The van der Waals surface area contributed by atoms with Crippen molar-refractivity contribution in [1.29, 1.82) is 0 Å². The van der Waals surface area contributed by atoms with Crippen molar-refractivity contribution in [2.75, 3.05) is 19.5 Å². The Balaban J connectivity index is 1.77. The van der Waals surface area contributed by atoms with Gasteiger partial charge in [-0.3, -0.25) is 4.79 Å². The lowest BCUT2D eigenvalue weighted by molar-refractivity contribution is -0.115. The highest BCUT2D eigenvalue weighted by molar-refractivity contribution is 7.17. The minimum atomic E-state index is -0.380. The van der Waals surface area contributed by atoms with Crippen molar-refractivity contribution in [2.24, 2.45) is 0 Å². The van der Waals surface area contributed by atoms with Crippen LogP contribution in [0.5, 0.6) is 5.75 Å². The fourth-order valence-electron chi connectivity index (χ4n) is 3.22. The van der Waals surface area contributed by atoms with E-state index in [2.05, 4.69) is 5.32 Å². The summed E-state index contributed by atoms with van der Waals surface area (Å²) in [5, 5.41) is 3.50. The summed E-state index contributed by atoms with van der Waals surface area (Å²) in [4.78, 5) is 25.8. The van der Waals surface area contributed by atoms with E-state index in [9.17, 15) is 9.59 Å². The SMILES string of the molecule is COC(=O)c1c(NC(=O)Cc2ccc(OC)c(C)c2)sc2c1CCC2. The van der Waals surface area contributed by atoms with E-state index in [-0.39, 0.29) is 18.3 Å². The topological polar surface area (TPSA) is 64.6 Å². The smallest absolute Gasteiger partial charge is 0.341 e. The normalized spacial score (nSPS) is 12.6. The average molecular weight is 359 g/mol. The van der Waals surface area contributed by atoms with Gasteiger partial charge in [0.2, 0.25) is 5.91 Å². The molecule has 6 heteroatoms. The zero-order valence-electron chi connectivity index (χ0n) is 14.6. The molecule has 132 valence electrons. The number of ether oxygens (including phenoxy) is 2. The molecule has 2 aromatic rings. The Hall–Kier alpha value is -2.34. The lowest BCUT2D eigenvalue weighted by Gasteiger charge is -2.09. The van der Waals surface area contributed by atoms with Gasteiger partial charge in [-0.15, -0.1) is 11.3 Å². The van der Waals surface area contributed by atoms with E-state index in [1.807, 2.05) is 25.1 Å². The van der Waals surface area contributed by atoms with Crippen LogP contribution in [0.1, 0.15) is 38.3 Å². The van der Waals surface area contributed by atoms with Gasteiger partial charge in [-0.25, -0.2) is 4.79 Å². The molecule has 25 heavy (non-hydrogen) atoms. The Kier molecular flexibility index (Phi) is 5.08. The van der Waals surface area contributed by atoms with Gasteiger partial charge in [-0.1, -0.05) is 12.1 Å². The number of thiophene rings is 1. The minimum absolute atomic E-state index is 0.144. The van der Waals surface area contributed by atoms with Crippen LogP contribution >= 0.6 is 11.3 Å². The molecule has 1 aliphatic rings. The van der Waals surface area contributed by atoms with Crippen LogP contribution in [0.3, 0.4) is 0 Å². The van der Waals surface area contributed by atoms with Gasteiger partial charge in [0, 0.05) is 4.88 Å². The van der Waals surface area contributed by atoms with Crippen LogP contribution < -0.4 is 10.1 Å². The molecule has 1 aromatic carbocycles. The van der Waals surface area contributed by atoms with E-state index in [4.69, 9.17) is 9.47 Å². The molecule has 1 aromatic heterocycles. The number of aryl methyl sites for hydroxylation is 2. The predicted octanol–water partition coefficient (Wildman–Crippen LogP) is 3.52. The first-order chi connectivity index (χ1) is 12.0. The van der Waals surface area contributed by atoms with E-state index < -0.39 is 0 Å². The summed E-state index contributed by atoms with van der Waals surface area (Å²) in [6, 6.07) is 5.67. The number of carbonyl (C=O) groups excluding carboxylic acids is 2. The number of anilines is 1. The number of fused-ring (bicyclic) bond motifs is 1. The number of nitrogens with one attached hydrogen (secondary N) is 1. The quantitative estimate of drug-likeness (QED) is 0.830. The molecule has 5 nitrogen and oxygen atoms in total. The first-order valence-electron chi connectivity index (χ1n) is 8.19. The van der Waals surface area contributed by atoms with Crippen molar-refractivity contribution in [3.63, 3.8) is 0 Å². The van der Waals surface area contributed by atoms with Crippen molar-refractivity contribution < 1.29 is 19.1 Å². The van der Waals surface area contributed by atoms with E-state index in [0.717, 1.165) is 41.7 Å². The van der Waals surface area contributed by atoms with Crippen LogP contribution in [0.25, 0.3) is 0 Å². The molecular weight excluding hydrogens is 338 g/mol. The molecule has 0 radical (unpaired) electrons. The van der Waals surface area contributed by atoms with Gasteiger partial charge in [-0.05, 0) is 48.9 Å². The molecule has 3 rings (SSSR count). The van der Waals surface area contributed by atoms with Crippen LogP contribution in [-0.4, -0.2) is 26.1 Å². The third-order valence-electron chi connectivity index (χ3n) is 4.39. The molecule has 0 spiro atoms. The molecule has 0 bridgehead atoms. The van der Waals surface area contributed by atoms with Gasteiger partial charge in [-0.2, -0.15) is 0 Å². The number of methoxy groups -OCH3 is 2. The van der Waals surface area contributed by atoms with Crippen molar-refractivity contribution in [3.05, 3.63) is 45.3 Å². The average Bonchev–Trinajstić information content (AvgIpc) is 3.14. The Labute approximate surface area is 151 Å². The number of rotatable bonds is 5. The summed E-state index contributed by atoms with van der Waals surface area (Å²) in [5.41, 5.74) is 3.45. The summed E-state index contributed by atoms with van der Waals surface area (Å²) < 4.78 is 10.1. The number of amides is 1. The van der Waals surface area contributed by atoms with Gasteiger partial charge in [0.15, 0.2) is 0 Å². The van der Waals surface area contributed by atoms with Crippen LogP contribution in [0, 0.1) is 6.92 Å². The summed E-state index contributed by atoms with van der Waals surface area (Å²) in [6.07, 6.45) is 3.11. The molecule has 0 unspecified atom stereocenters. The summed E-state index contributed by atoms with van der Waals surface area (Å²) in [7, 11) is 2.99. The highest BCUT2D eigenvalue weighted by Gasteiger charge is 2.27. The van der Waals surface area contributed by atoms with E-state index in [1.54, 1.807) is 7.11 Å². The molecule has 1 heterocycles. The van der Waals surface area contributed by atoms with Crippen LogP contribution in [-0.2, 0) is 28.8 Å². The first-order valence-corrected chi connectivity index (χ1v) is 9.01. The van der Waals surface area contributed by atoms with Crippen LogP contribution in [0.15, 0.2) is 18.2 Å². The third kappa shape index (κ3) is 3.54. The molecule has 0 aliphatic heterocycles.